The summed E-state index contributed by atoms with van der Waals surface area (Å²) in [6, 6.07) is 0. The minimum Gasteiger partial charge on any atom is -0.412 e. The summed E-state index contributed by atoms with van der Waals surface area (Å²) in [7, 11) is -14.7. The van der Waals surface area contributed by atoms with Gasteiger partial charge in [0.15, 0.2) is 0 Å². The molecular formula is C3H16F8O2P2. The average molecular weight is 299 g/mol. The van der Waals surface area contributed by atoms with E-state index in [4.69, 9.17) is 4.57 Å². The van der Waals surface area contributed by atoms with Gasteiger partial charge in [-0.3, -0.25) is 0 Å². The Balaban J connectivity index is -0.0000000155. The van der Waals surface area contributed by atoms with Gasteiger partial charge in [-0.05, 0) is 0 Å². The van der Waals surface area contributed by atoms with Crippen LogP contribution in [0.4, 0.5) is 33.6 Å². The maximum absolute atomic E-state index is 9.91. The predicted molar refractivity (Wildman–Crippen MR) is 49.3 cm³/mol. The molecule has 0 aromatic heterocycles. The molecule has 0 unspecified atom stereocenters. The second kappa shape index (κ2) is 9.30. The molecule has 15 heavy (non-hydrogen) atoms. The summed E-state index contributed by atoms with van der Waals surface area (Å²) in [6.45, 7) is 0. The molecule has 12 heteroatoms. The summed E-state index contributed by atoms with van der Waals surface area (Å²) in [4.78, 5) is 0. The summed E-state index contributed by atoms with van der Waals surface area (Å²) < 4.78 is 87.1. The SMILES string of the molecule is C.C.C.FP(F)(F)(F)F.O.O=P(F)(F)F.[2HH]. The Kier molecular flexibility index (Phi) is 22.5. The molecule has 0 rings (SSSR count). The molecule has 0 aliphatic carbocycles. The molecule has 0 aliphatic rings. The van der Waals surface area contributed by atoms with E-state index in [0.29, 0.717) is 0 Å². The largest absolute Gasteiger partial charge is 0.591 e. The average Bonchev–Trinajstić information content (AvgIpc) is 1.07. The van der Waals surface area contributed by atoms with E-state index < -0.39 is 16.2 Å². The molecule has 2 N–H and O–H groups in total. The van der Waals surface area contributed by atoms with Crippen LogP contribution in [0.1, 0.15) is 23.7 Å². The zero-order chi connectivity index (χ0) is 9.95. The standard InChI is InChI=1S/3CH4.F5P.F3OP.H2O.H2/c;;;1-6(2,3,4)5;1-5(2,3)4;;/h3*1H4;;;1H2;1H/i;;;;;;1+1. The fourth-order valence-electron chi connectivity index (χ4n) is 0. The van der Waals surface area contributed by atoms with Gasteiger partial charge < -0.3 is 5.48 Å². The van der Waals surface area contributed by atoms with E-state index >= 15 is 0 Å². The molecule has 0 heterocycles. The molecule has 0 spiro atoms. The first-order valence-electron chi connectivity index (χ1n) is 1.53. The molecule has 106 valence electrons. The van der Waals surface area contributed by atoms with Gasteiger partial charge in [-0.15, -0.1) is 12.6 Å². The van der Waals surface area contributed by atoms with Gasteiger partial charge in [0.25, 0.3) is 0 Å². The van der Waals surface area contributed by atoms with Gasteiger partial charge in [-0.25, -0.2) is 4.57 Å². The molecule has 0 bridgehead atoms. The maximum atomic E-state index is 9.91. The summed E-state index contributed by atoms with van der Waals surface area (Å²) >= 11 is 0. The predicted octanol–water partition coefficient (Wildman–Crippen LogP) is 6.29. The first kappa shape index (κ1) is 36.3. The molecule has 2 nitrogen and oxygen atoms in total. The minimum absolute atomic E-state index is 0. The van der Waals surface area contributed by atoms with Gasteiger partial charge in [-0.2, -0.15) is 0 Å². The summed E-state index contributed by atoms with van der Waals surface area (Å²) in [5.74, 6) is 0. The first-order chi connectivity index (χ1) is 4.24. The van der Waals surface area contributed by atoms with Crippen LogP contribution in [-0.4, -0.2) is 5.48 Å². The third kappa shape index (κ3) is 568000. The van der Waals surface area contributed by atoms with Crippen LogP contribution in [0, 0.1) is 0 Å². The van der Waals surface area contributed by atoms with E-state index in [2.05, 4.69) is 0 Å². The zero-order valence-electron chi connectivity index (χ0n) is 4.83. The molecule has 0 fully saturated rings. The second-order valence-electron chi connectivity index (χ2n) is 1.04. The van der Waals surface area contributed by atoms with Crippen LogP contribution < -0.4 is 0 Å². The Morgan fingerprint density at radius 3 is 0.800 bits per heavy atom. The van der Waals surface area contributed by atoms with Gasteiger partial charge in [0.05, 0.1) is 0 Å². The molecule has 0 radical (unpaired) electrons. The fourth-order valence-corrected chi connectivity index (χ4v) is 0. The topological polar surface area (TPSA) is 48.6 Å². The van der Waals surface area contributed by atoms with Crippen molar-refractivity contribution < 1.29 is 45.0 Å². The number of hydrogen-bond acceptors (Lipinski definition) is 1. The second-order valence-corrected chi connectivity index (χ2v) is 3.11. The number of halogens is 8. The molecule has 0 aromatic rings. The van der Waals surface area contributed by atoms with Crippen molar-refractivity contribution in [2.24, 2.45) is 0 Å². The van der Waals surface area contributed by atoms with Crippen LogP contribution in [0.5, 0.6) is 0 Å². The van der Waals surface area contributed by atoms with Crippen molar-refractivity contribution in [1.82, 2.24) is 0 Å². The van der Waals surface area contributed by atoms with E-state index in [0.717, 1.165) is 0 Å². The van der Waals surface area contributed by atoms with Crippen molar-refractivity contribution in [3.8, 4) is 0 Å². The van der Waals surface area contributed by atoms with Crippen molar-refractivity contribution in [2.45, 2.75) is 22.3 Å². The van der Waals surface area contributed by atoms with Gasteiger partial charge in [-0.1, -0.05) is 22.3 Å². The Morgan fingerprint density at radius 1 is 0.800 bits per heavy atom. The zero-order valence-corrected chi connectivity index (χ0v) is 6.62. The normalized spacial score (nSPS) is 11.6. The fraction of sp³-hybridized carbons (Fsp3) is 1.00. The van der Waals surface area contributed by atoms with Crippen molar-refractivity contribution in [3.63, 3.8) is 0 Å². The van der Waals surface area contributed by atoms with Gasteiger partial charge in [0, 0.05) is 1.43 Å². The van der Waals surface area contributed by atoms with Crippen LogP contribution >= 0.6 is 16.2 Å². The van der Waals surface area contributed by atoms with Crippen LogP contribution in [0.3, 0.4) is 0 Å². The first-order valence-corrected chi connectivity index (χ1v) is 4.60. The van der Waals surface area contributed by atoms with Crippen molar-refractivity contribution in [1.29, 1.82) is 0 Å². The Bertz CT molecular complexity index is 151. The molecule has 0 saturated carbocycles. The Hall–Kier alpha value is 0.0600. The van der Waals surface area contributed by atoms with Crippen LogP contribution in [0.15, 0.2) is 0 Å². The van der Waals surface area contributed by atoms with Crippen LogP contribution in [-0.2, 0) is 4.57 Å². The van der Waals surface area contributed by atoms with Crippen LogP contribution in [0.25, 0.3) is 0 Å². The van der Waals surface area contributed by atoms with Crippen molar-refractivity contribution >= 4 is 16.2 Å². The Labute approximate surface area is 84.7 Å². The Morgan fingerprint density at radius 2 is 0.800 bits per heavy atom. The number of hydrogen-bond donors (Lipinski definition) is 0. The summed E-state index contributed by atoms with van der Waals surface area (Å²) in [6.07, 6.45) is 0. The van der Waals surface area contributed by atoms with E-state index in [1.54, 1.807) is 0 Å². The van der Waals surface area contributed by atoms with Crippen molar-refractivity contribution in [3.05, 3.63) is 0 Å². The van der Waals surface area contributed by atoms with Crippen molar-refractivity contribution in [2.75, 3.05) is 0 Å². The third-order valence-electron chi connectivity index (χ3n) is 0. The smallest absolute Gasteiger partial charge is 0.412 e. The van der Waals surface area contributed by atoms with E-state index in [1.807, 2.05) is 0 Å². The molecule has 0 saturated heterocycles. The van der Waals surface area contributed by atoms with Gasteiger partial charge in [0.1, 0.15) is 0 Å². The summed E-state index contributed by atoms with van der Waals surface area (Å²) in [5, 5.41) is 0. The molecule has 0 aliphatic heterocycles. The van der Waals surface area contributed by atoms with E-state index in [-0.39, 0.29) is 29.2 Å². The van der Waals surface area contributed by atoms with E-state index in [1.165, 1.54) is 0 Å². The molecule has 0 amide bonds. The quantitative estimate of drug-likeness (QED) is 0.382. The monoisotopic (exact) mass is 299 g/mol. The summed E-state index contributed by atoms with van der Waals surface area (Å²) in [5.41, 5.74) is 0. The van der Waals surface area contributed by atoms with E-state index in [9.17, 15) is 33.6 Å². The van der Waals surface area contributed by atoms with Crippen LogP contribution in [0.2, 0.25) is 0 Å². The minimum atomic E-state index is -8.55. The van der Waals surface area contributed by atoms with Gasteiger partial charge in [0.2, 0.25) is 0 Å². The molecular weight excluding hydrogens is 282 g/mol. The third-order valence-corrected chi connectivity index (χ3v) is 0. The molecule has 0 atom stereocenters. The van der Waals surface area contributed by atoms with Gasteiger partial charge >= 0.3 is 37.2 Å². The molecule has 0 aromatic carbocycles. The maximum Gasteiger partial charge on any atom is 0.591 e. The number of rotatable bonds is 0.